The number of halogens is 1. The zero-order valence-electron chi connectivity index (χ0n) is 14.1. The van der Waals surface area contributed by atoms with Crippen LogP contribution in [0.1, 0.15) is 49.4 Å². The van der Waals surface area contributed by atoms with E-state index in [0.29, 0.717) is 21.8 Å². The van der Waals surface area contributed by atoms with Gasteiger partial charge in [0.1, 0.15) is 5.69 Å². The lowest BCUT2D eigenvalue weighted by molar-refractivity contribution is 0.0473. The summed E-state index contributed by atoms with van der Waals surface area (Å²) in [5.74, 6) is -1.60. The number of H-pyrrole nitrogens is 1. The van der Waals surface area contributed by atoms with Crippen LogP contribution < -0.4 is 0 Å². The number of benzene rings is 1. The van der Waals surface area contributed by atoms with E-state index in [2.05, 4.69) is 4.98 Å². The molecular formula is C18H18ClNO5. The first-order valence-electron chi connectivity index (χ1n) is 7.67. The van der Waals surface area contributed by atoms with Gasteiger partial charge in [0.2, 0.25) is 0 Å². The lowest BCUT2D eigenvalue weighted by Crippen LogP contribution is -2.15. The first-order valence-corrected chi connectivity index (χ1v) is 8.05. The van der Waals surface area contributed by atoms with Crippen molar-refractivity contribution in [1.82, 2.24) is 4.98 Å². The van der Waals surface area contributed by atoms with E-state index in [-0.39, 0.29) is 23.6 Å². The fourth-order valence-electron chi connectivity index (χ4n) is 2.41. The van der Waals surface area contributed by atoms with Crippen molar-refractivity contribution in [3.05, 3.63) is 57.4 Å². The van der Waals surface area contributed by atoms with Crippen LogP contribution in [0, 0.1) is 13.8 Å². The SMILES string of the molecule is CCOC(=O)c1[nH]c(C)c(C(=O)OCC(=O)c2cccc(Cl)c2)c1C. The molecule has 1 N–H and O–H groups in total. The van der Waals surface area contributed by atoms with Crippen LogP contribution in [-0.4, -0.2) is 35.9 Å². The number of carbonyl (C=O) groups is 3. The lowest BCUT2D eigenvalue weighted by atomic mass is 10.1. The second-order valence-corrected chi connectivity index (χ2v) is 5.79. The van der Waals surface area contributed by atoms with Crippen LogP contribution in [0.2, 0.25) is 5.02 Å². The molecule has 0 fully saturated rings. The standard InChI is InChI=1S/C18H18ClNO5/c1-4-24-18(23)16-10(2)15(11(3)20-16)17(22)25-9-14(21)12-6-5-7-13(19)8-12/h5-8,20H,4,9H2,1-3H3. The van der Waals surface area contributed by atoms with Gasteiger partial charge in [-0.15, -0.1) is 0 Å². The number of Topliss-reactive ketones (excluding diaryl/α,β-unsaturated/α-hetero) is 1. The van der Waals surface area contributed by atoms with Gasteiger partial charge in [-0.25, -0.2) is 9.59 Å². The van der Waals surface area contributed by atoms with Crippen LogP contribution >= 0.6 is 11.6 Å². The summed E-state index contributed by atoms with van der Waals surface area (Å²) in [5, 5.41) is 0.425. The van der Waals surface area contributed by atoms with Crippen molar-refractivity contribution in [3.63, 3.8) is 0 Å². The number of aryl methyl sites for hydroxylation is 1. The third-order valence-corrected chi connectivity index (χ3v) is 3.84. The van der Waals surface area contributed by atoms with Crippen molar-refractivity contribution < 1.29 is 23.9 Å². The number of carbonyl (C=O) groups excluding carboxylic acids is 3. The molecule has 25 heavy (non-hydrogen) atoms. The van der Waals surface area contributed by atoms with Gasteiger partial charge in [0.25, 0.3) is 0 Å². The second-order valence-electron chi connectivity index (χ2n) is 5.36. The van der Waals surface area contributed by atoms with E-state index in [1.54, 1.807) is 39.0 Å². The van der Waals surface area contributed by atoms with Gasteiger partial charge in [0.15, 0.2) is 12.4 Å². The number of aromatic amines is 1. The van der Waals surface area contributed by atoms with Gasteiger partial charge in [0, 0.05) is 16.3 Å². The summed E-state index contributed by atoms with van der Waals surface area (Å²) in [4.78, 5) is 39.1. The van der Waals surface area contributed by atoms with Gasteiger partial charge in [0.05, 0.1) is 12.2 Å². The molecule has 0 saturated carbocycles. The predicted molar refractivity (Wildman–Crippen MR) is 92.3 cm³/mol. The largest absolute Gasteiger partial charge is 0.461 e. The fraction of sp³-hybridized carbons (Fsp3) is 0.278. The van der Waals surface area contributed by atoms with Gasteiger partial charge < -0.3 is 14.5 Å². The minimum absolute atomic E-state index is 0.201. The minimum Gasteiger partial charge on any atom is -0.461 e. The molecule has 0 radical (unpaired) electrons. The number of hydrogen-bond acceptors (Lipinski definition) is 5. The van der Waals surface area contributed by atoms with Gasteiger partial charge in [-0.2, -0.15) is 0 Å². The van der Waals surface area contributed by atoms with Crippen LogP contribution in [-0.2, 0) is 9.47 Å². The highest BCUT2D eigenvalue weighted by Gasteiger charge is 2.24. The number of ketones is 1. The summed E-state index contributed by atoms with van der Waals surface area (Å²) in [6.07, 6.45) is 0. The number of esters is 2. The Morgan fingerprint density at radius 3 is 2.48 bits per heavy atom. The van der Waals surface area contributed by atoms with Gasteiger partial charge in [-0.1, -0.05) is 23.7 Å². The summed E-state index contributed by atoms with van der Waals surface area (Å²) in [7, 11) is 0. The summed E-state index contributed by atoms with van der Waals surface area (Å²) >= 11 is 5.84. The van der Waals surface area contributed by atoms with Crippen molar-refractivity contribution >= 4 is 29.3 Å². The first kappa shape index (κ1) is 18.7. The van der Waals surface area contributed by atoms with E-state index in [1.807, 2.05) is 0 Å². The number of ether oxygens (including phenoxy) is 2. The molecular weight excluding hydrogens is 346 g/mol. The molecule has 0 atom stereocenters. The van der Waals surface area contributed by atoms with Crippen molar-refractivity contribution in [2.24, 2.45) is 0 Å². The van der Waals surface area contributed by atoms with Crippen LogP contribution in [0.25, 0.3) is 0 Å². The first-order chi connectivity index (χ1) is 11.8. The van der Waals surface area contributed by atoms with E-state index in [0.717, 1.165) is 0 Å². The Bertz CT molecular complexity index is 825. The Balaban J connectivity index is 2.11. The summed E-state index contributed by atoms with van der Waals surface area (Å²) in [5.41, 5.74) is 1.68. The van der Waals surface area contributed by atoms with Crippen molar-refractivity contribution in [3.8, 4) is 0 Å². The molecule has 1 aromatic heterocycles. The topological polar surface area (TPSA) is 85.5 Å². The Morgan fingerprint density at radius 2 is 1.84 bits per heavy atom. The molecule has 7 heteroatoms. The number of nitrogens with one attached hydrogen (secondary N) is 1. The van der Waals surface area contributed by atoms with E-state index in [4.69, 9.17) is 21.1 Å². The molecule has 0 amide bonds. The molecule has 0 unspecified atom stereocenters. The molecule has 1 heterocycles. The maximum Gasteiger partial charge on any atom is 0.355 e. The van der Waals surface area contributed by atoms with Crippen molar-refractivity contribution in [2.75, 3.05) is 13.2 Å². The highest BCUT2D eigenvalue weighted by atomic mass is 35.5. The average molecular weight is 364 g/mol. The highest BCUT2D eigenvalue weighted by molar-refractivity contribution is 6.31. The van der Waals surface area contributed by atoms with Crippen molar-refractivity contribution in [1.29, 1.82) is 0 Å². The third kappa shape index (κ3) is 4.28. The fourth-order valence-corrected chi connectivity index (χ4v) is 2.60. The van der Waals surface area contributed by atoms with E-state index < -0.39 is 18.5 Å². The Labute approximate surface area is 150 Å². The molecule has 6 nitrogen and oxygen atoms in total. The highest BCUT2D eigenvalue weighted by Crippen LogP contribution is 2.20. The predicted octanol–water partition coefficient (Wildman–Crippen LogP) is 3.50. The number of aromatic nitrogens is 1. The molecule has 0 saturated heterocycles. The van der Waals surface area contributed by atoms with E-state index >= 15 is 0 Å². The molecule has 2 rings (SSSR count). The Morgan fingerprint density at radius 1 is 1.12 bits per heavy atom. The molecule has 1 aromatic carbocycles. The molecule has 0 spiro atoms. The molecule has 2 aromatic rings. The zero-order chi connectivity index (χ0) is 18.6. The van der Waals surface area contributed by atoms with E-state index in [1.165, 1.54) is 6.07 Å². The third-order valence-electron chi connectivity index (χ3n) is 3.60. The average Bonchev–Trinajstić information content (AvgIpc) is 2.87. The van der Waals surface area contributed by atoms with E-state index in [9.17, 15) is 14.4 Å². The summed E-state index contributed by atoms with van der Waals surface area (Å²) in [6.45, 7) is 4.76. The van der Waals surface area contributed by atoms with Gasteiger partial charge >= 0.3 is 11.9 Å². The number of rotatable bonds is 6. The maximum absolute atomic E-state index is 12.3. The zero-order valence-corrected chi connectivity index (χ0v) is 14.9. The normalized spacial score (nSPS) is 10.4. The Kier molecular flexibility index (Phi) is 5.98. The van der Waals surface area contributed by atoms with Crippen LogP contribution in [0.3, 0.4) is 0 Å². The van der Waals surface area contributed by atoms with Crippen LogP contribution in [0.5, 0.6) is 0 Å². The monoisotopic (exact) mass is 363 g/mol. The van der Waals surface area contributed by atoms with Gasteiger partial charge in [-0.05, 0) is 38.5 Å². The summed E-state index contributed by atoms with van der Waals surface area (Å²) < 4.78 is 10.0. The Hall–Kier alpha value is -2.60. The summed E-state index contributed by atoms with van der Waals surface area (Å²) in [6, 6.07) is 6.38. The molecule has 0 bridgehead atoms. The number of hydrogen-bond donors (Lipinski definition) is 1. The second kappa shape index (κ2) is 7.98. The van der Waals surface area contributed by atoms with Crippen molar-refractivity contribution in [2.45, 2.75) is 20.8 Å². The molecule has 0 aliphatic rings. The minimum atomic E-state index is -0.683. The van der Waals surface area contributed by atoms with Crippen LogP contribution in [0.15, 0.2) is 24.3 Å². The quantitative estimate of drug-likeness (QED) is 0.627. The lowest BCUT2D eigenvalue weighted by Gasteiger charge is -2.06. The van der Waals surface area contributed by atoms with Crippen LogP contribution in [0.4, 0.5) is 0 Å². The molecule has 0 aliphatic carbocycles. The van der Waals surface area contributed by atoms with Gasteiger partial charge in [-0.3, -0.25) is 4.79 Å². The smallest absolute Gasteiger partial charge is 0.355 e. The molecule has 132 valence electrons. The maximum atomic E-state index is 12.3. The molecule has 0 aliphatic heterocycles.